The summed E-state index contributed by atoms with van der Waals surface area (Å²) in [6.45, 7) is 1.71. The van der Waals surface area contributed by atoms with Crippen LogP contribution in [0.25, 0.3) is 0 Å². The third-order valence-electron chi connectivity index (χ3n) is 4.58. The summed E-state index contributed by atoms with van der Waals surface area (Å²) < 4.78 is 37.9. The largest absolute Gasteiger partial charge is 0.416 e. The van der Waals surface area contributed by atoms with Crippen LogP contribution in [0.1, 0.15) is 34.8 Å². The summed E-state index contributed by atoms with van der Waals surface area (Å²) in [5.41, 5.74) is 0.361. The van der Waals surface area contributed by atoms with Crippen LogP contribution < -0.4 is 10.7 Å². The van der Waals surface area contributed by atoms with Gasteiger partial charge in [0.2, 0.25) is 0 Å². The molecule has 1 fully saturated rings. The second-order valence-corrected chi connectivity index (χ2v) is 6.21. The van der Waals surface area contributed by atoms with Gasteiger partial charge in [-0.05, 0) is 36.2 Å². The molecule has 28 heavy (non-hydrogen) atoms. The van der Waals surface area contributed by atoms with Crippen molar-refractivity contribution >= 4 is 17.8 Å². The Bertz CT molecular complexity index is 914. The number of nitrogens with zero attached hydrogens (tertiary/aromatic N) is 1. The van der Waals surface area contributed by atoms with Gasteiger partial charge in [0.25, 0.3) is 11.8 Å². The first-order valence-corrected chi connectivity index (χ1v) is 8.39. The van der Waals surface area contributed by atoms with E-state index in [2.05, 4.69) is 10.7 Å². The first-order valence-electron chi connectivity index (χ1n) is 8.39. The Morgan fingerprint density at radius 1 is 1.07 bits per heavy atom. The molecule has 146 valence electrons. The highest BCUT2D eigenvalue weighted by atomic mass is 19.4. The highest BCUT2D eigenvalue weighted by molar-refractivity contribution is 6.09. The lowest BCUT2D eigenvalue weighted by atomic mass is 9.87. The molecule has 0 aliphatic carbocycles. The van der Waals surface area contributed by atoms with Gasteiger partial charge in [-0.1, -0.05) is 37.3 Å². The van der Waals surface area contributed by atoms with Gasteiger partial charge in [-0.2, -0.15) is 18.2 Å². The Morgan fingerprint density at radius 2 is 1.68 bits per heavy atom. The van der Waals surface area contributed by atoms with Crippen LogP contribution in [0.3, 0.4) is 0 Å². The first-order chi connectivity index (χ1) is 13.2. The predicted octanol–water partition coefficient (Wildman–Crippen LogP) is 3.21. The second kappa shape index (κ2) is 6.99. The molecule has 2 aromatic rings. The molecule has 1 aliphatic heterocycles. The molecule has 1 heterocycles. The Morgan fingerprint density at radius 3 is 2.21 bits per heavy atom. The van der Waals surface area contributed by atoms with Crippen LogP contribution in [-0.2, 0) is 16.5 Å². The molecule has 1 aliphatic rings. The molecule has 2 aromatic carbocycles. The van der Waals surface area contributed by atoms with Gasteiger partial charge in [0, 0.05) is 5.56 Å². The normalized spacial score (nSPS) is 19.5. The van der Waals surface area contributed by atoms with E-state index in [0.717, 1.165) is 24.3 Å². The molecule has 0 spiro atoms. The topological polar surface area (TPSA) is 78.5 Å². The zero-order valence-electron chi connectivity index (χ0n) is 14.7. The zero-order chi connectivity index (χ0) is 20.5. The highest BCUT2D eigenvalue weighted by Gasteiger charge is 2.52. The molecule has 9 heteroatoms. The average Bonchev–Trinajstić information content (AvgIpc) is 2.93. The molecule has 2 N–H and O–H groups in total. The lowest BCUT2D eigenvalue weighted by Crippen LogP contribution is -2.48. The Labute approximate surface area is 158 Å². The molecule has 0 aromatic heterocycles. The van der Waals surface area contributed by atoms with Crippen molar-refractivity contribution in [2.24, 2.45) is 0 Å². The summed E-state index contributed by atoms with van der Waals surface area (Å²) in [7, 11) is 0. The number of imide groups is 1. The summed E-state index contributed by atoms with van der Waals surface area (Å²) in [4.78, 5) is 37.5. The second-order valence-electron chi connectivity index (χ2n) is 6.21. The Balaban J connectivity index is 1.82. The average molecular weight is 391 g/mol. The minimum Gasteiger partial charge on any atom is -0.318 e. The van der Waals surface area contributed by atoms with Gasteiger partial charge < -0.3 is 5.32 Å². The van der Waals surface area contributed by atoms with Crippen molar-refractivity contribution in [2.75, 3.05) is 0 Å². The first kappa shape index (κ1) is 19.4. The molecule has 1 atom stereocenters. The summed E-state index contributed by atoms with van der Waals surface area (Å²) in [6, 6.07) is 11.2. The smallest absolute Gasteiger partial charge is 0.318 e. The number of halogens is 3. The van der Waals surface area contributed by atoms with Crippen LogP contribution in [0.4, 0.5) is 18.0 Å². The number of hydrogen-bond donors (Lipinski definition) is 2. The number of hydrazine groups is 1. The van der Waals surface area contributed by atoms with E-state index in [1.807, 2.05) is 0 Å². The maximum atomic E-state index is 12.9. The summed E-state index contributed by atoms with van der Waals surface area (Å²) >= 11 is 0. The molecule has 0 unspecified atom stereocenters. The van der Waals surface area contributed by atoms with Crippen molar-refractivity contribution in [3.05, 3.63) is 71.3 Å². The third kappa shape index (κ3) is 3.30. The van der Waals surface area contributed by atoms with Gasteiger partial charge >= 0.3 is 12.2 Å². The van der Waals surface area contributed by atoms with Crippen LogP contribution in [0.15, 0.2) is 54.6 Å². The van der Waals surface area contributed by atoms with Gasteiger partial charge in [-0.25, -0.2) is 4.79 Å². The molecule has 0 saturated carbocycles. The van der Waals surface area contributed by atoms with Crippen molar-refractivity contribution < 1.29 is 27.6 Å². The third-order valence-corrected chi connectivity index (χ3v) is 4.58. The van der Waals surface area contributed by atoms with Gasteiger partial charge in [-0.15, -0.1) is 0 Å². The van der Waals surface area contributed by atoms with Crippen LogP contribution >= 0.6 is 0 Å². The van der Waals surface area contributed by atoms with E-state index < -0.39 is 35.1 Å². The number of alkyl halides is 3. The van der Waals surface area contributed by atoms with Crippen molar-refractivity contribution in [1.29, 1.82) is 0 Å². The highest BCUT2D eigenvalue weighted by Crippen LogP contribution is 2.32. The monoisotopic (exact) mass is 391 g/mol. The number of amides is 4. The maximum Gasteiger partial charge on any atom is 0.416 e. The molecule has 1 saturated heterocycles. The standard InChI is InChI=1S/C19H16F3N3O3/c1-2-18(13-6-4-3-5-7-13)16(27)25(17(28)23-18)24-15(26)12-8-10-14(11-9-12)19(20,21)22/h3-11H,2H2,1H3,(H,23,28)(H,24,26)/t18-/m1/s1. The van der Waals surface area contributed by atoms with Crippen molar-refractivity contribution in [1.82, 2.24) is 15.8 Å². The van der Waals surface area contributed by atoms with E-state index >= 15 is 0 Å². The Hall–Kier alpha value is -3.36. The van der Waals surface area contributed by atoms with E-state index in [1.165, 1.54) is 0 Å². The van der Waals surface area contributed by atoms with Crippen molar-refractivity contribution in [3.8, 4) is 0 Å². The minimum absolute atomic E-state index is 0.123. The van der Waals surface area contributed by atoms with Crippen LogP contribution in [0.2, 0.25) is 0 Å². The van der Waals surface area contributed by atoms with Gasteiger partial charge in [0.1, 0.15) is 5.54 Å². The fraction of sp³-hybridized carbons (Fsp3) is 0.211. The molecule has 0 bridgehead atoms. The van der Waals surface area contributed by atoms with Gasteiger partial charge in [0.15, 0.2) is 0 Å². The zero-order valence-corrected chi connectivity index (χ0v) is 14.7. The fourth-order valence-corrected chi connectivity index (χ4v) is 3.02. The number of hydrogen-bond acceptors (Lipinski definition) is 3. The minimum atomic E-state index is -4.53. The fourth-order valence-electron chi connectivity index (χ4n) is 3.02. The number of benzene rings is 2. The van der Waals surface area contributed by atoms with Gasteiger partial charge in [-0.3, -0.25) is 15.0 Å². The number of rotatable bonds is 4. The number of nitrogens with one attached hydrogen (secondary N) is 2. The molecular weight excluding hydrogens is 375 g/mol. The van der Waals surface area contributed by atoms with Gasteiger partial charge in [0.05, 0.1) is 5.56 Å². The molecule has 6 nitrogen and oxygen atoms in total. The Kier molecular flexibility index (Phi) is 4.84. The summed E-state index contributed by atoms with van der Waals surface area (Å²) in [6.07, 6.45) is -4.29. The van der Waals surface area contributed by atoms with E-state index in [4.69, 9.17) is 0 Å². The SMILES string of the molecule is CC[C@]1(c2ccccc2)NC(=O)N(NC(=O)c2ccc(C(F)(F)F)cc2)C1=O. The van der Waals surface area contributed by atoms with Crippen molar-refractivity contribution in [3.63, 3.8) is 0 Å². The lowest BCUT2D eigenvalue weighted by molar-refractivity contribution is -0.137. The molecular formula is C19H16F3N3O3. The summed E-state index contributed by atoms with van der Waals surface area (Å²) in [5, 5.41) is 3.15. The van der Waals surface area contributed by atoms with Crippen LogP contribution in [0.5, 0.6) is 0 Å². The molecule has 0 radical (unpaired) electrons. The summed E-state index contributed by atoms with van der Waals surface area (Å²) in [5.74, 6) is -1.55. The lowest BCUT2D eigenvalue weighted by Gasteiger charge is -2.25. The van der Waals surface area contributed by atoms with E-state index in [9.17, 15) is 27.6 Å². The van der Waals surface area contributed by atoms with E-state index in [-0.39, 0.29) is 12.0 Å². The van der Waals surface area contributed by atoms with E-state index in [1.54, 1.807) is 37.3 Å². The van der Waals surface area contributed by atoms with Crippen LogP contribution in [0, 0.1) is 0 Å². The molecule has 4 amide bonds. The van der Waals surface area contributed by atoms with E-state index in [0.29, 0.717) is 10.6 Å². The van der Waals surface area contributed by atoms with Crippen LogP contribution in [-0.4, -0.2) is 22.9 Å². The van der Waals surface area contributed by atoms with Crippen molar-refractivity contribution in [2.45, 2.75) is 25.1 Å². The number of urea groups is 1. The maximum absolute atomic E-state index is 12.9. The molecule has 3 rings (SSSR count). The predicted molar refractivity (Wildman–Crippen MR) is 92.7 cm³/mol. The number of carbonyl (C=O) groups is 3. The quantitative estimate of drug-likeness (QED) is 0.786. The number of carbonyl (C=O) groups excluding carboxylic acids is 3.